The minimum Gasteiger partial charge on any atom is -0.496 e. The van der Waals surface area contributed by atoms with Crippen LogP contribution in [-0.2, 0) is 6.54 Å². The maximum atomic E-state index is 10.3. The molecule has 0 fully saturated rings. The van der Waals surface area contributed by atoms with E-state index in [0.717, 1.165) is 21.3 Å². The van der Waals surface area contributed by atoms with E-state index in [2.05, 4.69) is 20.8 Å². The maximum absolute atomic E-state index is 10.3. The van der Waals surface area contributed by atoms with Gasteiger partial charge in [-0.05, 0) is 42.9 Å². The lowest BCUT2D eigenvalue weighted by Crippen LogP contribution is -2.24. The summed E-state index contributed by atoms with van der Waals surface area (Å²) in [6, 6.07) is 13.2. The molecular formula is C17H19BrClNO2. The van der Waals surface area contributed by atoms with E-state index in [1.807, 2.05) is 37.4 Å². The molecule has 2 aromatic rings. The largest absolute Gasteiger partial charge is 0.496 e. The molecule has 2 aromatic carbocycles. The number of likely N-dealkylation sites (N-methyl/N-ethyl adjacent to an activating group) is 1. The Bertz CT molecular complexity index is 619. The highest BCUT2D eigenvalue weighted by Crippen LogP contribution is 2.25. The van der Waals surface area contributed by atoms with Crippen LogP contribution in [0.4, 0.5) is 0 Å². The van der Waals surface area contributed by atoms with Gasteiger partial charge in [-0.2, -0.15) is 0 Å². The van der Waals surface area contributed by atoms with E-state index in [-0.39, 0.29) is 0 Å². The highest BCUT2D eigenvalue weighted by Gasteiger charge is 2.13. The molecule has 1 N–H and O–H groups in total. The number of rotatable bonds is 6. The van der Waals surface area contributed by atoms with Crippen LogP contribution in [0.25, 0.3) is 0 Å². The molecule has 0 aromatic heterocycles. The fourth-order valence-electron chi connectivity index (χ4n) is 2.31. The topological polar surface area (TPSA) is 32.7 Å². The number of aliphatic hydroxyl groups excluding tert-OH is 1. The SMILES string of the molecule is COc1ccc(Br)cc1CN(C)C[C@H](O)c1ccc(Cl)cc1. The lowest BCUT2D eigenvalue weighted by Gasteiger charge is -2.22. The molecule has 0 saturated carbocycles. The zero-order valence-electron chi connectivity index (χ0n) is 12.6. The Hall–Kier alpha value is -1.07. The van der Waals surface area contributed by atoms with E-state index in [1.165, 1.54) is 0 Å². The van der Waals surface area contributed by atoms with Gasteiger partial charge in [0.1, 0.15) is 5.75 Å². The molecule has 1 atom stereocenters. The van der Waals surface area contributed by atoms with Crippen molar-refractivity contribution in [1.82, 2.24) is 4.90 Å². The monoisotopic (exact) mass is 383 g/mol. The van der Waals surface area contributed by atoms with Crippen LogP contribution in [-0.4, -0.2) is 30.7 Å². The number of hydrogen-bond donors (Lipinski definition) is 1. The Balaban J connectivity index is 2.02. The number of halogens is 2. The highest BCUT2D eigenvalue weighted by molar-refractivity contribution is 9.10. The average molecular weight is 385 g/mol. The summed E-state index contributed by atoms with van der Waals surface area (Å²) < 4.78 is 6.39. The normalized spacial score (nSPS) is 12.5. The van der Waals surface area contributed by atoms with Gasteiger partial charge in [-0.1, -0.05) is 39.7 Å². The van der Waals surface area contributed by atoms with E-state index in [9.17, 15) is 5.11 Å². The molecule has 2 rings (SSSR count). The van der Waals surface area contributed by atoms with Gasteiger partial charge in [-0.15, -0.1) is 0 Å². The first-order valence-electron chi connectivity index (χ1n) is 6.94. The molecular weight excluding hydrogens is 366 g/mol. The summed E-state index contributed by atoms with van der Waals surface area (Å²) in [5.74, 6) is 0.844. The smallest absolute Gasteiger partial charge is 0.123 e. The van der Waals surface area contributed by atoms with Gasteiger partial charge in [-0.25, -0.2) is 0 Å². The molecule has 0 spiro atoms. The molecule has 5 heteroatoms. The first-order valence-corrected chi connectivity index (χ1v) is 8.11. The van der Waals surface area contributed by atoms with Gasteiger partial charge in [-0.3, -0.25) is 4.90 Å². The van der Waals surface area contributed by atoms with Crippen molar-refractivity contribution >= 4 is 27.5 Å². The number of aliphatic hydroxyl groups is 1. The van der Waals surface area contributed by atoms with Crippen LogP contribution in [0.1, 0.15) is 17.2 Å². The van der Waals surface area contributed by atoms with Crippen LogP contribution < -0.4 is 4.74 Å². The Morgan fingerprint density at radius 3 is 2.55 bits per heavy atom. The van der Waals surface area contributed by atoms with Crippen molar-refractivity contribution in [3.63, 3.8) is 0 Å². The Labute approximate surface area is 144 Å². The molecule has 0 aliphatic rings. The van der Waals surface area contributed by atoms with E-state index in [0.29, 0.717) is 18.1 Å². The fourth-order valence-corrected chi connectivity index (χ4v) is 2.85. The van der Waals surface area contributed by atoms with Crippen molar-refractivity contribution in [2.24, 2.45) is 0 Å². The standard InChI is InChI=1S/C17H19BrClNO2/c1-20(10-13-9-14(18)5-8-17(13)22-2)11-16(21)12-3-6-15(19)7-4-12/h3-9,16,21H,10-11H2,1-2H3/t16-/m0/s1. The second kappa shape index (κ2) is 7.97. The summed E-state index contributed by atoms with van der Waals surface area (Å²) in [5, 5.41) is 11.0. The molecule has 0 saturated heterocycles. The fraction of sp³-hybridized carbons (Fsp3) is 0.294. The minimum atomic E-state index is -0.555. The number of benzene rings is 2. The molecule has 22 heavy (non-hydrogen) atoms. The molecule has 0 radical (unpaired) electrons. The Morgan fingerprint density at radius 2 is 1.91 bits per heavy atom. The van der Waals surface area contributed by atoms with Gasteiger partial charge >= 0.3 is 0 Å². The molecule has 0 aliphatic carbocycles. The Morgan fingerprint density at radius 1 is 1.23 bits per heavy atom. The third-order valence-electron chi connectivity index (χ3n) is 3.42. The van der Waals surface area contributed by atoms with Gasteiger partial charge in [0.15, 0.2) is 0 Å². The van der Waals surface area contributed by atoms with Gasteiger partial charge < -0.3 is 9.84 Å². The molecule has 0 heterocycles. The predicted octanol–water partition coefficient (Wildman–Crippen LogP) is 4.28. The summed E-state index contributed by atoms with van der Waals surface area (Å²) in [7, 11) is 3.63. The lowest BCUT2D eigenvalue weighted by atomic mass is 10.1. The third-order valence-corrected chi connectivity index (χ3v) is 4.17. The van der Waals surface area contributed by atoms with Crippen molar-refractivity contribution in [3.05, 3.63) is 63.1 Å². The molecule has 3 nitrogen and oxygen atoms in total. The van der Waals surface area contributed by atoms with Gasteiger partial charge in [0, 0.05) is 28.1 Å². The second-order valence-electron chi connectivity index (χ2n) is 5.22. The summed E-state index contributed by atoms with van der Waals surface area (Å²) in [6.45, 7) is 1.21. The molecule has 0 unspecified atom stereocenters. The van der Waals surface area contributed by atoms with Crippen molar-refractivity contribution in [2.45, 2.75) is 12.6 Å². The van der Waals surface area contributed by atoms with Crippen molar-refractivity contribution in [1.29, 1.82) is 0 Å². The van der Waals surface area contributed by atoms with Crippen LogP contribution in [0.3, 0.4) is 0 Å². The molecule has 118 valence electrons. The molecule has 0 amide bonds. The summed E-state index contributed by atoms with van der Waals surface area (Å²) in [5.41, 5.74) is 1.93. The first kappa shape index (κ1) is 17.3. The molecule has 0 aliphatic heterocycles. The van der Waals surface area contributed by atoms with E-state index < -0.39 is 6.10 Å². The van der Waals surface area contributed by atoms with Gasteiger partial charge in [0.2, 0.25) is 0 Å². The minimum absolute atomic E-state index is 0.525. The molecule has 0 bridgehead atoms. The highest BCUT2D eigenvalue weighted by atomic mass is 79.9. The van der Waals surface area contributed by atoms with Crippen molar-refractivity contribution in [3.8, 4) is 5.75 Å². The number of ether oxygens (including phenoxy) is 1. The average Bonchev–Trinajstić information content (AvgIpc) is 2.48. The maximum Gasteiger partial charge on any atom is 0.123 e. The summed E-state index contributed by atoms with van der Waals surface area (Å²) in [4.78, 5) is 2.06. The van der Waals surface area contributed by atoms with Gasteiger partial charge in [0.25, 0.3) is 0 Å². The predicted molar refractivity (Wildman–Crippen MR) is 93.4 cm³/mol. The first-order chi connectivity index (χ1) is 10.5. The van der Waals surface area contributed by atoms with Gasteiger partial charge in [0.05, 0.1) is 13.2 Å². The van der Waals surface area contributed by atoms with Crippen LogP contribution in [0, 0.1) is 0 Å². The van der Waals surface area contributed by atoms with Crippen LogP contribution in [0.2, 0.25) is 5.02 Å². The van der Waals surface area contributed by atoms with Crippen LogP contribution >= 0.6 is 27.5 Å². The lowest BCUT2D eigenvalue weighted by molar-refractivity contribution is 0.123. The van der Waals surface area contributed by atoms with E-state index >= 15 is 0 Å². The summed E-state index contributed by atoms with van der Waals surface area (Å²) in [6.07, 6.45) is -0.555. The van der Waals surface area contributed by atoms with Crippen molar-refractivity contribution in [2.75, 3.05) is 20.7 Å². The third kappa shape index (κ3) is 4.71. The van der Waals surface area contributed by atoms with E-state index in [4.69, 9.17) is 16.3 Å². The second-order valence-corrected chi connectivity index (χ2v) is 6.57. The zero-order valence-corrected chi connectivity index (χ0v) is 14.9. The van der Waals surface area contributed by atoms with Crippen LogP contribution in [0.5, 0.6) is 5.75 Å². The quantitative estimate of drug-likeness (QED) is 0.807. The zero-order chi connectivity index (χ0) is 16.1. The van der Waals surface area contributed by atoms with E-state index in [1.54, 1.807) is 19.2 Å². The number of methoxy groups -OCH3 is 1. The van der Waals surface area contributed by atoms with Crippen molar-refractivity contribution < 1.29 is 9.84 Å². The summed E-state index contributed by atoms with van der Waals surface area (Å²) >= 11 is 9.34. The number of hydrogen-bond acceptors (Lipinski definition) is 3. The number of nitrogens with zero attached hydrogens (tertiary/aromatic N) is 1. The van der Waals surface area contributed by atoms with Crippen LogP contribution in [0.15, 0.2) is 46.9 Å². The Kier molecular flexibility index (Phi) is 6.26.